The average molecular weight is 362 g/mol. The Morgan fingerprint density at radius 1 is 0.773 bits per heavy atom. The molecule has 0 fully saturated rings. The number of hydrogen-bond donors (Lipinski definition) is 0. The molecule has 0 saturated heterocycles. The van der Waals surface area contributed by atoms with Gasteiger partial charge in [0.2, 0.25) is 0 Å². The summed E-state index contributed by atoms with van der Waals surface area (Å²) < 4.78 is 152. The standard InChI is InChI=1S/C8H6F12O2/c1-2-4(10,11)3(9)21-6(14,15)5(12,13)7(16,17)22-8(18,19)20/h3H,2H2,1H3. The summed E-state index contributed by atoms with van der Waals surface area (Å²) >= 11 is 0. The van der Waals surface area contributed by atoms with Crippen molar-refractivity contribution in [3.63, 3.8) is 0 Å². The molecule has 0 aliphatic rings. The van der Waals surface area contributed by atoms with Crippen molar-refractivity contribution in [2.75, 3.05) is 0 Å². The summed E-state index contributed by atoms with van der Waals surface area (Å²) in [4.78, 5) is 0. The minimum Gasteiger partial charge on any atom is -0.274 e. The lowest BCUT2D eigenvalue weighted by atomic mass is 10.2. The van der Waals surface area contributed by atoms with Gasteiger partial charge in [0.05, 0.1) is 0 Å². The molecule has 0 amide bonds. The minimum absolute atomic E-state index is 0.508. The molecule has 0 aromatic carbocycles. The fourth-order valence-corrected chi connectivity index (χ4v) is 0.830. The number of rotatable bonds is 7. The Morgan fingerprint density at radius 3 is 1.50 bits per heavy atom. The minimum atomic E-state index is -7.11. The van der Waals surface area contributed by atoms with Crippen LogP contribution in [0.5, 0.6) is 0 Å². The van der Waals surface area contributed by atoms with Gasteiger partial charge in [-0.25, -0.2) is 17.9 Å². The third-order valence-electron chi connectivity index (χ3n) is 2.03. The first-order valence-corrected chi connectivity index (χ1v) is 4.99. The number of ether oxygens (including phenoxy) is 2. The Kier molecular flexibility index (Phi) is 5.69. The monoisotopic (exact) mass is 362 g/mol. The van der Waals surface area contributed by atoms with E-state index >= 15 is 0 Å². The summed E-state index contributed by atoms with van der Waals surface area (Å²) in [5.41, 5.74) is 0. The van der Waals surface area contributed by atoms with Crippen molar-refractivity contribution in [1.29, 1.82) is 0 Å². The Labute approximate surface area is 114 Å². The zero-order valence-corrected chi connectivity index (χ0v) is 10.1. The van der Waals surface area contributed by atoms with E-state index in [0.717, 1.165) is 0 Å². The van der Waals surface area contributed by atoms with Gasteiger partial charge in [0.1, 0.15) is 0 Å². The van der Waals surface area contributed by atoms with Crippen molar-refractivity contribution in [3.8, 4) is 0 Å². The number of hydrogen-bond acceptors (Lipinski definition) is 2. The first kappa shape index (κ1) is 21.1. The highest BCUT2D eigenvalue weighted by molar-refractivity contribution is 4.87. The quantitative estimate of drug-likeness (QED) is 0.612. The highest BCUT2D eigenvalue weighted by atomic mass is 19.4. The van der Waals surface area contributed by atoms with E-state index in [-0.39, 0.29) is 0 Å². The first-order valence-electron chi connectivity index (χ1n) is 4.99. The van der Waals surface area contributed by atoms with Gasteiger partial charge in [0.25, 0.3) is 6.36 Å². The lowest BCUT2D eigenvalue weighted by Crippen LogP contribution is -2.59. The Balaban J connectivity index is 5.40. The molecule has 0 heterocycles. The van der Waals surface area contributed by atoms with Gasteiger partial charge >= 0.3 is 30.4 Å². The van der Waals surface area contributed by atoms with Crippen LogP contribution < -0.4 is 0 Å². The van der Waals surface area contributed by atoms with Gasteiger partial charge in [0.15, 0.2) is 0 Å². The molecule has 0 aliphatic carbocycles. The molecule has 14 heteroatoms. The van der Waals surface area contributed by atoms with E-state index in [1.165, 1.54) is 4.74 Å². The van der Waals surface area contributed by atoms with Crippen LogP contribution in [0.2, 0.25) is 0 Å². The predicted molar refractivity (Wildman–Crippen MR) is 43.2 cm³/mol. The molecule has 0 aromatic rings. The van der Waals surface area contributed by atoms with Crippen molar-refractivity contribution in [2.24, 2.45) is 0 Å². The zero-order valence-electron chi connectivity index (χ0n) is 10.1. The van der Waals surface area contributed by atoms with Crippen LogP contribution in [-0.2, 0) is 9.47 Å². The SMILES string of the molecule is CCC(F)(F)C(F)OC(F)(F)C(F)(F)C(F)(F)OC(F)(F)F. The van der Waals surface area contributed by atoms with Crippen LogP contribution in [-0.4, -0.2) is 36.8 Å². The summed E-state index contributed by atoms with van der Waals surface area (Å²) in [6, 6.07) is 0. The van der Waals surface area contributed by atoms with Crippen LogP contribution in [0.1, 0.15) is 13.3 Å². The zero-order chi connectivity index (χ0) is 18.2. The van der Waals surface area contributed by atoms with Gasteiger partial charge in [0, 0.05) is 6.42 Å². The lowest BCUT2D eigenvalue weighted by Gasteiger charge is -2.33. The lowest BCUT2D eigenvalue weighted by molar-refractivity contribution is -0.515. The molecule has 1 unspecified atom stereocenters. The molecule has 0 aliphatic heterocycles. The second-order valence-electron chi connectivity index (χ2n) is 3.70. The van der Waals surface area contributed by atoms with Gasteiger partial charge in [-0.3, -0.25) is 4.74 Å². The summed E-state index contributed by atoms with van der Waals surface area (Å²) in [6.07, 6.45) is -26.2. The molecule has 0 saturated carbocycles. The van der Waals surface area contributed by atoms with Crippen molar-refractivity contribution in [3.05, 3.63) is 0 Å². The van der Waals surface area contributed by atoms with Gasteiger partial charge < -0.3 is 0 Å². The van der Waals surface area contributed by atoms with Crippen molar-refractivity contribution in [2.45, 2.75) is 50.1 Å². The van der Waals surface area contributed by atoms with Gasteiger partial charge in [-0.15, -0.1) is 13.2 Å². The van der Waals surface area contributed by atoms with E-state index in [0.29, 0.717) is 6.92 Å². The Hall–Kier alpha value is -0.920. The second kappa shape index (κ2) is 5.94. The Morgan fingerprint density at radius 2 is 1.18 bits per heavy atom. The molecule has 0 radical (unpaired) electrons. The molecular weight excluding hydrogens is 356 g/mol. The third-order valence-corrected chi connectivity index (χ3v) is 2.03. The molecule has 0 N–H and O–H groups in total. The summed E-state index contributed by atoms with van der Waals surface area (Å²) in [6.45, 7) is 0.508. The molecule has 2 nitrogen and oxygen atoms in total. The highest BCUT2D eigenvalue weighted by Crippen LogP contribution is 2.50. The topological polar surface area (TPSA) is 18.5 Å². The van der Waals surface area contributed by atoms with Gasteiger partial charge in [-0.2, -0.15) is 26.3 Å². The number of halogens is 12. The van der Waals surface area contributed by atoms with E-state index in [1.54, 1.807) is 0 Å². The molecular formula is C8H6F12O2. The Bertz CT molecular complexity index is 376. The van der Waals surface area contributed by atoms with Crippen LogP contribution >= 0.6 is 0 Å². The normalized spacial score (nSPS) is 16.8. The van der Waals surface area contributed by atoms with E-state index in [1.807, 2.05) is 0 Å². The van der Waals surface area contributed by atoms with E-state index < -0.39 is 43.2 Å². The highest BCUT2D eigenvalue weighted by Gasteiger charge is 2.77. The second-order valence-corrected chi connectivity index (χ2v) is 3.70. The maximum atomic E-state index is 12.7. The van der Waals surface area contributed by atoms with Crippen LogP contribution in [0, 0.1) is 0 Å². The largest absolute Gasteiger partial charge is 0.527 e. The van der Waals surface area contributed by atoms with Crippen LogP contribution in [0.4, 0.5) is 52.7 Å². The molecule has 1 atom stereocenters. The van der Waals surface area contributed by atoms with Crippen LogP contribution in [0.15, 0.2) is 0 Å². The maximum Gasteiger partial charge on any atom is 0.527 e. The van der Waals surface area contributed by atoms with E-state index in [9.17, 15) is 52.7 Å². The molecule has 22 heavy (non-hydrogen) atoms. The summed E-state index contributed by atoms with van der Waals surface area (Å²) in [5.74, 6) is -11.9. The maximum absolute atomic E-state index is 12.7. The molecule has 0 aromatic heterocycles. The first-order chi connectivity index (χ1) is 9.40. The summed E-state index contributed by atoms with van der Waals surface area (Å²) in [5, 5.41) is 0. The summed E-state index contributed by atoms with van der Waals surface area (Å²) in [7, 11) is 0. The predicted octanol–water partition coefficient (Wildman–Crippen LogP) is 4.70. The molecule has 0 bridgehead atoms. The van der Waals surface area contributed by atoms with Crippen LogP contribution in [0.25, 0.3) is 0 Å². The van der Waals surface area contributed by atoms with Crippen molar-refractivity contribution in [1.82, 2.24) is 0 Å². The van der Waals surface area contributed by atoms with Crippen molar-refractivity contribution < 1.29 is 62.2 Å². The fourth-order valence-electron chi connectivity index (χ4n) is 0.830. The smallest absolute Gasteiger partial charge is 0.274 e. The molecule has 0 spiro atoms. The van der Waals surface area contributed by atoms with Gasteiger partial charge in [-0.1, -0.05) is 6.92 Å². The number of alkyl halides is 12. The molecule has 134 valence electrons. The fraction of sp³-hybridized carbons (Fsp3) is 1.00. The van der Waals surface area contributed by atoms with E-state index in [2.05, 4.69) is 4.74 Å². The van der Waals surface area contributed by atoms with Gasteiger partial charge in [-0.05, 0) is 0 Å². The van der Waals surface area contributed by atoms with Crippen LogP contribution in [0.3, 0.4) is 0 Å². The van der Waals surface area contributed by atoms with E-state index in [4.69, 9.17) is 0 Å². The average Bonchev–Trinajstić information content (AvgIpc) is 2.24. The molecule has 0 rings (SSSR count). The third kappa shape index (κ3) is 4.54. The van der Waals surface area contributed by atoms with Crippen molar-refractivity contribution >= 4 is 0 Å².